The minimum absolute atomic E-state index is 0.175. The third-order valence-corrected chi connectivity index (χ3v) is 5.24. The first-order valence-corrected chi connectivity index (χ1v) is 8.70. The molecule has 1 unspecified atom stereocenters. The molecule has 0 saturated heterocycles. The number of anilines is 1. The van der Waals surface area contributed by atoms with Crippen LogP contribution >= 0.6 is 27.7 Å². The standard InChI is InChI=1S/C10H14BrFN2O2S2/c1-6(5-17-2)14-18(15,16)10-4-9(13)7(11)3-8(10)12/h3-4,6,14H,5,13H2,1-2H3. The highest BCUT2D eigenvalue weighted by Gasteiger charge is 2.22. The number of rotatable bonds is 5. The molecule has 0 aromatic heterocycles. The van der Waals surface area contributed by atoms with Crippen molar-refractivity contribution < 1.29 is 12.8 Å². The van der Waals surface area contributed by atoms with Crippen molar-refractivity contribution in [1.29, 1.82) is 0 Å². The maximum Gasteiger partial charge on any atom is 0.243 e. The summed E-state index contributed by atoms with van der Waals surface area (Å²) in [5.41, 5.74) is 5.74. The van der Waals surface area contributed by atoms with Crippen molar-refractivity contribution in [3.8, 4) is 0 Å². The highest BCUT2D eigenvalue weighted by molar-refractivity contribution is 9.10. The van der Waals surface area contributed by atoms with Crippen LogP contribution in [0.15, 0.2) is 21.5 Å². The molecule has 0 heterocycles. The highest BCUT2D eigenvalue weighted by atomic mass is 79.9. The van der Waals surface area contributed by atoms with Gasteiger partial charge in [-0.1, -0.05) is 0 Å². The Balaban J connectivity index is 3.09. The van der Waals surface area contributed by atoms with Gasteiger partial charge in [0, 0.05) is 22.0 Å². The summed E-state index contributed by atoms with van der Waals surface area (Å²) >= 11 is 4.54. The monoisotopic (exact) mass is 356 g/mol. The molecule has 18 heavy (non-hydrogen) atoms. The van der Waals surface area contributed by atoms with Crippen LogP contribution in [0.2, 0.25) is 0 Å². The molecule has 0 aliphatic rings. The SMILES string of the molecule is CSCC(C)NS(=O)(=O)c1cc(N)c(Br)cc1F. The van der Waals surface area contributed by atoms with E-state index >= 15 is 0 Å². The zero-order valence-corrected chi connectivity index (χ0v) is 13.1. The molecular weight excluding hydrogens is 343 g/mol. The summed E-state index contributed by atoms with van der Waals surface area (Å²) in [5, 5.41) is 0. The smallest absolute Gasteiger partial charge is 0.243 e. The van der Waals surface area contributed by atoms with Gasteiger partial charge in [0.1, 0.15) is 10.7 Å². The minimum Gasteiger partial charge on any atom is -0.398 e. The molecule has 102 valence electrons. The summed E-state index contributed by atoms with van der Waals surface area (Å²) in [6.45, 7) is 1.72. The van der Waals surface area contributed by atoms with Crippen LogP contribution in [0.4, 0.5) is 10.1 Å². The molecule has 0 saturated carbocycles. The molecule has 0 aliphatic carbocycles. The normalized spacial score (nSPS) is 13.6. The van der Waals surface area contributed by atoms with E-state index in [4.69, 9.17) is 5.73 Å². The van der Waals surface area contributed by atoms with Crippen LogP contribution < -0.4 is 10.5 Å². The number of halogens is 2. The zero-order valence-electron chi connectivity index (χ0n) is 9.91. The van der Waals surface area contributed by atoms with E-state index in [0.29, 0.717) is 10.2 Å². The topological polar surface area (TPSA) is 72.2 Å². The summed E-state index contributed by atoms with van der Waals surface area (Å²) in [6, 6.07) is 1.87. The lowest BCUT2D eigenvalue weighted by molar-refractivity contribution is 0.550. The van der Waals surface area contributed by atoms with E-state index in [0.717, 1.165) is 12.1 Å². The van der Waals surface area contributed by atoms with Crippen molar-refractivity contribution in [2.45, 2.75) is 17.9 Å². The molecule has 0 aliphatic heterocycles. The first-order chi connectivity index (χ1) is 8.27. The molecular formula is C10H14BrFN2O2S2. The van der Waals surface area contributed by atoms with Crippen molar-refractivity contribution in [3.63, 3.8) is 0 Å². The van der Waals surface area contributed by atoms with Crippen molar-refractivity contribution in [2.75, 3.05) is 17.7 Å². The van der Waals surface area contributed by atoms with Gasteiger partial charge in [0.05, 0.1) is 0 Å². The lowest BCUT2D eigenvalue weighted by Crippen LogP contribution is -2.34. The van der Waals surface area contributed by atoms with E-state index in [1.807, 2.05) is 6.26 Å². The number of nitrogens with two attached hydrogens (primary N) is 1. The molecule has 1 rings (SSSR count). The third kappa shape index (κ3) is 3.84. The second-order valence-electron chi connectivity index (χ2n) is 3.78. The van der Waals surface area contributed by atoms with E-state index in [1.165, 1.54) is 11.8 Å². The molecule has 0 amide bonds. The number of hydrogen-bond acceptors (Lipinski definition) is 4. The van der Waals surface area contributed by atoms with Crippen molar-refractivity contribution in [1.82, 2.24) is 4.72 Å². The largest absolute Gasteiger partial charge is 0.398 e. The van der Waals surface area contributed by atoms with E-state index in [-0.39, 0.29) is 11.7 Å². The Hall–Kier alpha value is -0.310. The molecule has 4 nitrogen and oxygen atoms in total. The van der Waals surface area contributed by atoms with Gasteiger partial charge in [-0.3, -0.25) is 0 Å². The molecule has 0 radical (unpaired) electrons. The van der Waals surface area contributed by atoms with Crippen LogP contribution in [0.25, 0.3) is 0 Å². The van der Waals surface area contributed by atoms with E-state index in [9.17, 15) is 12.8 Å². The highest BCUT2D eigenvalue weighted by Crippen LogP contribution is 2.26. The van der Waals surface area contributed by atoms with Gasteiger partial charge in [0.15, 0.2) is 0 Å². The Morgan fingerprint density at radius 1 is 1.56 bits per heavy atom. The van der Waals surface area contributed by atoms with Crippen LogP contribution in [0.5, 0.6) is 0 Å². The average molecular weight is 357 g/mol. The van der Waals surface area contributed by atoms with Crippen LogP contribution in [-0.2, 0) is 10.0 Å². The minimum atomic E-state index is -3.89. The van der Waals surface area contributed by atoms with Crippen LogP contribution in [-0.4, -0.2) is 26.5 Å². The summed E-state index contributed by atoms with van der Waals surface area (Å²) in [4.78, 5) is -0.434. The number of nitrogen functional groups attached to an aromatic ring is 1. The molecule has 8 heteroatoms. The Morgan fingerprint density at radius 3 is 2.72 bits per heavy atom. The summed E-state index contributed by atoms with van der Waals surface area (Å²) in [7, 11) is -3.89. The second kappa shape index (κ2) is 6.23. The molecule has 1 aromatic rings. The number of hydrogen-bond donors (Lipinski definition) is 2. The van der Waals surface area contributed by atoms with Gasteiger partial charge >= 0.3 is 0 Å². The summed E-state index contributed by atoms with van der Waals surface area (Å²) in [5.74, 6) is -0.229. The first-order valence-electron chi connectivity index (χ1n) is 5.03. The number of benzene rings is 1. The molecule has 0 fully saturated rings. The van der Waals surface area contributed by atoms with Crippen LogP contribution in [0.3, 0.4) is 0 Å². The lowest BCUT2D eigenvalue weighted by atomic mass is 10.3. The van der Waals surface area contributed by atoms with Crippen molar-refractivity contribution in [3.05, 3.63) is 22.4 Å². The van der Waals surface area contributed by atoms with E-state index < -0.39 is 20.7 Å². The Bertz CT molecular complexity index is 537. The van der Waals surface area contributed by atoms with Gasteiger partial charge in [-0.05, 0) is 41.2 Å². The van der Waals surface area contributed by atoms with Crippen molar-refractivity contribution >= 4 is 43.4 Å². The fourth-order valence-electron chi connectivity index (χ4n) is 1.36. The number of sulfonamides is 1. The zero-order chi connectivity index (χ0) is 13.9. The lowest BCUT2D eigenvalue weighted by Gasteiger charge is -2.14. The fraction of sp³-hybridized carbons (Fsp3) is 0.400. The maximum atomic E-state index is 13.7. The molecule has 1 atom stereocenters. The predicted molar refractivity (Wildman–Crippen MR) is 76.7 cm³/mol. The average Bonchev–Trinajstić information content (AvgIpc) is 2.22. The fourth-order valence-corrected chi connectivity index (χ4v) is 3.71. The van der Waals surface area contributed by atoms with E-state index in [1.54, 1.807) is 6.92 Å². The van der Waals surface area contributed by atoms with Gasteiger partial charge in [-0.25, -0.2) is 17.5 Å². The van der Waals surface area contributed by atoms with Gasteiger partial charge in [-0.15, -0.1) is 0 Å². The van der Waals surface area contributed by atoms with Gasteiger partial charge < -0.3 is 5.73 Å². The van der Waals surface area contributed by atoms with Gasteiger partial charge in [0.2, 0.25) is 10.0 Å². The number of thioether (sulfide) groups is 1. The van der Waals surface area contributed by atoms with Crippen LogP contribution in [0.1, 0.15) is 6.92 Å². The Labute approximate surface area is 119 Å². The van der Waals surface area contributed by atoms with Gasteiger partial charge in [-0.2, -0.15) is 11.8 Å². The van der Waals surface area contributed by atoms with Crippen molar-refractivity contribution in [2.24, 2.45) is 0 Å². The van der Waals surface area contributed by atoms with E-state index in [2.05, 4.69) is 20.7 Å². The quantitative estimate of drug-likeness (QED) is 0.793. The maximum absolute atomic E-state index is 13.7. The molecule has 0 bridgehead atoms. The molecule has 1 aromatic carbocycles. The number of nitrogens with one attached hydrogen (secondary N) is 1. The Kier molecular flexibility index (Phi) is 5.45. The third-order valence-electron chi connectivity index (χ3n) is 2.11. The summed E-state index contributed by atoms with van der Waals surface area (Å²) < 4.78 is 40.3. The van der Waals surface area contributed by atoms with Crippen LogP contribution in [0, 0.1) is 5.82 Å². The Morgan fingerprint density at radius 2 is 2.17 bits per heavy atom. The molecule has 3 N–H and O–H groups in total. The second-order valence-corrected chi connectivity index (χ2v) is 7.23. The summed E-state index contributed by atoms with van der Waals surface area (Å²) in [6.07, 6.45) is 1.86. The predicted octanol–water partition coefficient (Wildman–Crippen LogP) is 2.20. The van der Waals surface area contributed by atoms with Gasteiger partial charge in [0.25, 0.3) is 0 Å². The first kappa shape index (κ1) is 15.7. The molecule has 0 spiro atoms.